The molecule has 0 spiro atoms. The summed E-state index contributed by atoms with van der Waals surface area (Å²) in [5.74, 6) is 0.484. The quantitative estimate of drug-likeness (QED) is 0.835. The van der Waals surface area contributed by atoms with Crippen LogP contribution in [0.1, 0.15) is 23.7 Å². The van der Waals surface area contributed by atoms with Gasteiger partial charge in [0.25, 0.3) is 5.91 Å². The second-order valence-corrected chi connectivity index (χ2v) is 5.69. The smallest absolute Gasteiger partial charge is 0.256 e. The standard InChI is InChI=1S/C16H19N3O2/c1-10-9-19(7-6-14(10)20)16(21)13-8-18-15(17)12-5-3-2-4-11(12)13/h2-5,8,10,14,20H,6-7,9H2,1H3,(H2,17,18). The molecule has 2 aromatic rings. The van der Waals surface area contributed by atoms with E-state index in [1.807, 2.05) is 31.2 Å². The zero-order chi connectivity index (χ0) is 15.0. The van der Waals surface area contributed by atoms with Gasteiger partial charge in [-0.2, -0.15) is 0 Å². The predicted octanol–water partition coefficient (Wildman–Crippen LogP) is 1.66. The molecule has 0 radical (unpaired) electrons. The number of hydrogen-bond acceptors (Lipinski definition) is 4. The summed E-state index contributed by atoms with van der Waals surface area (Å²) in [5, 5.41) is 11.4. The molecule has 110 valence electrons. The van der Waals surface area contributed by atoms with Crippen LogP contribution in [-0.4, -0.2) is 40.1 Å². The van der Waals surface area contributed by atoms with E-state index in [0.29, 0.717) is 30.9 Å². The molecular formula is C16H19N3O2. The summed E-state index contributed by atoms with van der Waals surface area (Å²) in [6.45, 7) is 3.10. The van der Waals surface area contributed by atoms with Crippen LogP contribution >= 0.6 is 0 Å². The largest absolute Gasteiger partial charge is 0.393 e. The molecule has 1 fully saturated rings. The second-order valence-electron chi connectivity index (χ2n) is 5.69. The molecule has 21 heavy (non-hydrogen) atoms. The predicted molar refractivity (Wildman–Crippen MR) is 81.8 cm³/mol. The molecule has 0 aliphatic carbocycles. The number of nitrogens with zero attached hydrogens (tertiary/aromatic N) is 2. The first-order valence-electron chi connectivity index (χ1n) is 7.18. The third-order valence-corrected chi connectivity index (χ3v) is 4.20. The van der Waals surface area contributed by atoms with Gasteiger partial charge in [-0.3, -0.25) is 4.79 Å². The third-order valence-electron chi connectivity index (χ3n) is 4.20. The van der Waals surface area contributed by atoms with Crippen molar-refractivity contribution in [2.24, 2.45) is 5.92 Å². The Labute approximate surface area is 123 Å². The van der Waals surface area contributed by atoms with Gasteiger partial charge >= 0.3 is 0 Å². The Morgan fingerprint density at radius 2 is 2.10 bits per heavy atom. The lowest BCUT2D eigenvalue weighted by Crippen LogP contribution is -2.45. The lowest BCUT2D eigenvalue weighted by atomic mass is 9.96. The minimum atomic E-state index is -0.324. The van der Waals surface area contributed by atoms with Crippen molar-refractivity contribution in [1.82, 2.24) is 9.88 Å². The molecule has 0 bridgehead atoms. The zero-order valence-corrected chi connectivity index (χ0v) is 12.0. The first kappa shape index (κ1) is 13.8. The van der Waals surface area contributed by atoms with Crippen LogP contribution in [-0.2, 0) is 0 Å². The molecule has 3 N–H and O–H groups in total. The number of nitrogens with two attached hydrogens (primary N) is 1. The van der Waals surface area contributed by atoms with Gasteiger partial charge in [-0.15, -0.1) is 0 Å². The highest BCUT2D eigenvalue weighted by molar-refractivity contribution is 6.08. The molecule has 1 aromatic carbocycles. The number of aliphatic hydroxyl groups is 1. The normalized spacial score (nSPS) is 22.5. The lowest BCUT2D eigenvalue weighted by Gasteiger charge is -2.34. The van der Waals surface area contributed by atoms with E-state index in [4.69, 9.17) is 5.73 Å². The minimum Gasteiger partial charge on any atom is -0.393 e. The number of amides is 1. The van der Waals surface area contributed by atoms with E-state index in [1.165, 1.54) is 0 Å². The highest BCUT2D eigenvalue weighted by Gasteiger charge is 2.28. The maximum Gasteiger partial charge on any atom is 0.256 e. The molecule has 2 heterocycles. The number of aliphatic hydroxyl groups excluding tert-OH is 1. The first-order chi connectivity index (χ1) is 10.1. The fourth-order valence-electron chi connectivity index (χ4n) is 2.87. The number of anilines is 1. The summed E-state index contributed by atoms with van der Waals surface area (Å²) in [6.07, 6.45) is 1.85. The number of rotatable bonds is 1. The number of carbonyl (C=O) groups excluding carboxylic acids is 1. The zero-order valence-electron chi connectivity index (χ0n) is 12.0. The number of benzene rings is 1. The van der Waals surface area contributed by atoms with E-state index in [2.05, 4.69) is 4.98 Å². The van der Waals surface area contributed by atoms with Crippen molar-refractivity contribution in [3.8, 4) is 0 Å². The van der Waals surface area contributed by atoms with Crippen molar-refractivity contribution in [2.75, 3.05) is 18.8 Å². The molecule has 5 nitrogen and oxygen atoms in total. The number of piperidine rings is 1. The summed E-state index contributed by atoms with van der Waals surface area (Å²) < 4.78 is 0. The van der Waals surface area contributed by atoms with Crippen LogP contribution in [0, 0.1) is 5.92 Å². The Morgan fingerprint density at radius 3 is 2.81 bits per heavy atom. The van der Waals surface area contributed by atoms with Gasteiger partial charge in [0.05, 0.1) is 11.7 Å². The van der Waals surface area contributed by atoms with Gasteiger partial charge in [-0.25, -0.2) is 4.98 Å². The molecule has 1 aliphatic heterocycles. The molecule has 1 saturated heterocycles. The average Bonchev–Trinajstić information content (AvgIpc) is 2.50. The average molecular weight is 285 g/mol. The van der Waals surface area contributed by atoms with Crippen LogP contribution in [0.5, 0.6) is 0 Å². The van der Waals surface area contributed by atoms with Crippen molar-refractivity contribution in [2.45, 2.75) is 19.4 Å². The van der Waals surface area contributed by atoms with Crippen LogP contribution in [0.3, 0.4) is 0 Å². The molecule has 0 saturated carbocycles. The van der Waals surface area contributed by atoms with Crippen molar-refractivity contribution in [3.63, 3.8) is 0 Å². The summed E-state index contributed by atoms with van der Waals surface area (Å²) in [7, 11) is 0. The summed E-state index contributed by atoms with van der Waals surface area (Å²) >= 11 is 0. The SMILES string of the molecule is CC1CN(C(=O)c2cnc(N)c3ccccc23)CCC1O. The van der Waals surface area contributed by atoms with Crippen LogP contribution in [0.15, 0.2) is 30.5 Å². The number of pyridine rings is 1. The van der Waals surface area contributed by atoms with E-state index < -0.39 is 0 Å². The van der Waals surface area contributed by atoms with Gasteiger partial charge in [-0.05, 0) is 17.7 Å². The number of nitrogen functional groups attached to an aromatic ring is 1. The third kappa shape index (κ3) is 2.45. The van der Waals surface area contributed by atoms with Gasteiger partial charge < -0.3 is 15.7 Å². The van der Waals surface area contributed by atoms with Crippen molar-refractivity contribution in [3.05, 3.63) is 36.0 Å². The second kappa shape index (κ2) is 5.33. The van der Waals surface area contributed by atoms with Crippen LogP contribution in [0.4, 0.5) is 5.82 Å². The van der Waals surface area contributed by atoms with Crippen LogP contribution in [0.2, 0.25) is 0 Å². The van der Waals surface area contributed by atoms with Crippen molar-refractivity contribution >= 4 is 22.5 Å². The molecule has 2 atom stereocenters. The van der Waals surface area contributed by atoms with Crippen LogP contribution < -0.4 is 5.73 Å². The number of hydrogen-bond donors (Lipinski definition) is 2. The molecule has 1 amide bonds. The number of carbonyl (C=O) groups is 1. The van der Waals surface area contributed by atoms with Gasteiger partial charge in [0, 0.05) is 24.7 Å². The van der Waals surface area contributed by atoms with Gasteiger partial charge in [0.2, 0.25) is 0 Å². The summed E-state index contributed by atoms with van der Waals surface area (Å²) in [5.41, 5.74) is 6.45. The maximum atomic E-state index is 12.7. The Balaban J connectivity index is 1.97. The molecule has 1 aliphatic rings. The van der Waals surface area contributed by atoms with E-state index in [0.717, 1.165) is 10.8 Å². The Bertz CT molecular complexity index is 686. The number of fused-ring (bicyclic) bond motifs is 1. The molecule has 2 unspecified atom stereocenters. The summed E-state index contributed by atoms with van der Waals surface area (Å²) in [6, 6.07) is 7.54. The highest BCUT2D eigenvalue weighted by atomic mass is 16.3. The highest BCUT2D eigenvalue weighted by Crippen LogP contribution is 2.25. The molecule has 5 heteroatoms. The maximum absolute atomic E-state index is 12.7. The molecular weight excluding hydrogens is 266 g/mol. The fraction of sp³-hybridized carbons (Fsp3) is 0.375. The monoisotopic (exact) mass is 285 g/mol. The molecule has 1 aromatic heterocycles. The Morgan fingerprint density at radius 1 is 1.38 bits per heavy atom. The Kier molecular flexibility index (Phi) is 3.51. The fourth-order valence-corrected chi connectivity index (χ4v) is 2.87. The Hall–Kier alpha value is -2.14. The molecule has 3 rings (SSSR count). The topological polar surface area (TPSA) is 79.5 Å². The van der Waals surface area contributed by atoms with Crippen molar-refractivity contribution < 1.29 is 9.90 Å². The minimum absolute atomic E-state index is 0.0440. The van der Waals surface area contributed by atoms with E-state index in [1.54, 1.807) is 11.1 Å². The van der Waals surface area contributed by atoms with Crippen LogP contribution in [0.25, 0.3) is 10.8 Å². The van der Waals surface area contributed by atoms with E-state index in [9.17, 15) is 9.90 Å². The van der Waals surface area contributed by atoms with E-state index in [-0.39, 0.29) is 17.9 Å². The number of likely N-dealkylation sites (tertiary alicyclic amines) is 1. The van der Waals surface area contributed by atoms with Gasteiger partial charge in [0.15, 0.2) is 0 Å². The first-order valence-corrected chi connectivity index (χ1v) is 7.18. The lowest BCUT2D eigenvalue weighted by molar-refractivity contribution is 0.0298. The summed E-state index contributed by atoms with van der Waals surface area (Å²) in [4.78, 5) is 18.7. The van der Waals surface area contributed by atoms with Gasteiger partial charge in [0.1, 0.15) is 5.82 Å². The van der Waals surface area contributed by atoms with Crippen molar-refractivity contribution in [1.29, 1.82) is 0 Å². The number of aromatic nitrogens is 1. The van der Waals surface area contributed by atoms with Gasteiger partial charge in [-0.1, -0.05) is 31.2 Å². The van der Waals surface area contributed by atoms with E-state index >= 15 is 0 Å².